The highest BCUT2D eigenvalue weighted by molar-refractivity contribution is 5.26. The van der Waals surface area contributed by atoms with Crippen molar-refractivity contribution < 1.29 is 4.39 Å². The molecule has 1 aliphatic rings. The minimum Gasteiger partial charge on any atom is -0.299 e. The number of hydrogen-bond donors (Lipinski definition) is 0. The third kappa shape index (κ3) is 3.97. The van der Waals surface area contributed by atoms with Gasteiger partial charge in [-0.05, 0) is 55.1 Å². The van der Waals surface area contributed by atoms with Crippen LogP contribution in [-0.4, -0.2) is 18.0 Å². The van der Waals surface area contributed by atoms with Crippen LogP contribution in [0, 0.1) is 23.1 Å². The lowest BCUT2D eigenvalue weighted by atomic mass is 9.81. The molecular formula is C20H21FN2. The molecule has 0 spiro atoms. The summed E-state index contributed by atoms with van der Waals surface area (Å²) in [5.74, 6) is -0.150. The number of hydrogen-bond acceptors (Lipinski definition) is 2. The van der Waals surface area contributed by atoms with E-state index in [2.05, 4.69) is 35.2 Å². The number of piperidine rings is 1. The van der Waals surface area contributed by atoms with E-state index in [1.165, 1.54) is 17.7 Å². The first-order valence-electron chi connectivity index (χ1n) is 8.17. The Morgan fingerprint density at radius 2 is 1.83 bits per heavy atom. The Balaban J connectivity index is 1.60. The first kappa shape index (κ1) is 15.7. The quantitative estimate of drug-likeness (QED) is 0.840. The Hall–Kier alpha value is -2.18. The zero-order valence-electron chi connectivity index (χ0n) is 13.2. The highest BCUT2D eigenvalue weighted by Gasteiger charge is 2.27. The van der Waals surface area contributed by atoms with Gasteiger partial charge in [-0.1, -0.05) is 42.5 Å². The number of nitriles is 1. The van der Waals surface area contributed by atoms with E-state index in [1.54, 1.807) is 6.07 Å². The maximum Gasteiger partial charge on any atom is 0.123 e. The molecule has 0 bridgehead atoms. The van der Waals surface area contributed by atoms with Crippen molar-refractivity contribution >= 4 is 0 Å². The van der Waals surface area contributed by atoms with Gasteiger partial charge < -0.3 is 0 Å². The number of benzene rings is 2. The van der Waals surface area contributed by atoms with Gasteiger partial charge >= 0.3 is 0 Å². The normalized spacial score (nSPS) is 17.6. The van der Waals surface area contributed by atoms with Crippen LogP contribution in [0.4, 0.5) is 4.39 Å². The summed E-state index contributed by atoms with van der Waals surface area (Å²) < 4.78 is 13.4. The fourth-order valence-electron chi connectivity index (χ4n) is 3.44. The Kier molecular flexibility index (Phi) is 5.05. The van der Waals surface area contributed by atoms with E-state index in [1.807, 2.05) is 12.1 Å². The van der Waals surface area contributed by atoms with Crippen LogP contribution in [-0.2, 0) is 6.54 Å². The average molecular weight is 308 g/mol. The molecule has 0 aromatic heterocycles. The molecule has 1 aliphatic heterocycles. The highest BCUT2D eigenvalue weighted by Crippen LogP contribution is 2.32. The summed E-state index contributed by atoms with van der Waals surface area (Å²) in [5, 5.41) is 9.54. The molecule has 0 amide bonds. The van der Waals surface area contributed by atoms with Crippen LogP contribution in [0.2, 0.25) is 0 Å². The van der Waals surface area contributed by atoms with E-state index in [4.69, 9.17) is 0 Å². The van der Waals surface area contributed by atoms with Gasteiger partial charge in [-0.15, -0.1) is 0 Å². The van der Waals surface area contributed by atoms with E-state index < -0.39 is 0 Å². The Morgan fingerprint density at radius 1 is 1.09 bits per heavy atom. The minimum atomic E-state index is -0.260. The molecule has 1 atom stereocenters. The first-order chi connectivity index (χ1) is 11.3. The predicted octanol–water partition coefficient (Wildman–Crippen LogP) is 4.35. The molecule has 0 N–H and O–H groups in total. The van der Waals surface area contributed by atoms with E-state index in [-0.39, 0.29) is 11.7 Å². The van der Waals surface area contributed by atoms with Crippen LogP contribution in [0.1, 0.15) is 29.9 Å². The molecule has 3 rings (SSSR count). The van der Waals surface area contributed by atoms with Crippen molar-refractivity contribution in [2.24, 2.45) is 5.92 Å². The smallest absolute Gasteiger partial charge is 0.123 e. The molecule has 3 heteroatoms. The van der Waals surface area contributed by atoms with Gasteiger partial charge in [-0.3, -0.25) is 4.90 Å². The second-order valence-electron chi connectivity index (χ2n) is 6.26. The van der Waals surface area contributed by atoms with Gasteiger partial charge in [0.05, 0.1) is 12.0 Å². The van der Waals surface area contributed by atoms with Crippen LogP contribution in [0.3, 0.4) is 0 Å². The third-order valence-corrected chi connectivity index (χ3v) is 4.70. The number of nitrogens with zero attached hydrogens (tertiary/aromatic N) is 2. The lowest BCUT2D eigenvalue weighted by Crippen LogP contribution is -2.35. The van der Waals surface area contributed by atoms with Crippen LogP contribution >= 0.6 is 0 Å². The summed E-state index contributed by atoms with van der Waals surface area (Å²) in [4.78, 5) is 2.44. The zero-order chi connectivity index (χ0) is 16.1. The SMILES string of the molecule is N#CC(c1cccc(F)c1)C1CCN(Cc2ccccc2)CC1. The van der Waals surface area contributed by atoms with Gasteiger partial charge in [0.2, 0.25) is 0 Å². The molecule has 2 nitrogen and oxygen atoms in total. The lowest BCUT2D eigenvalue weighted by molar-refractivity contribution is 0.171. The van der Waals surface area contributed by atoms with Gasteiger partial charge in [0.15, 0.2) is 0 Å². The topological polar surface area (TPSA) is 27.0 Å². The summed E-state index contributed by atoms with van der Waals surface area (Å²) in [6.45, 7) is 2.95. The summed E-state index contributed by atoms with van der Waals surface area (Å²) in [6.07, 6.45) is 1.98. The van der Waals surface area contributed by atoms with Crippen molar-refractivity contribution in [3.8, 4) is 6.07 Å². The molecular weight excluding hydrogens is 287 g/mol. The minimum absolute atomic E-state index is 0.204. The van der Waals surface area contributed by atoms with Crippen molar-refractivity contribution in [3.63, 3.8) is 0 Å². The molecule has 0 aliphatic carbocycles. The summed E-state index contributed by atoms with van der Waals surface area (Å²) in [7, 11) is 0. The molecule has 0 radical (unpaired) electrons. The molecule has 118 valence electrons. The maximum atomic E-state index is 13.4. The van der Waals surface area contributed by atoms with Crippen molar-refractivity contribution in [2.45, 2.75) is 25.3 Å². The number of likely N-dealkylation sites (tertiary alicyclic amines) is 1. The van der Waals surface area contributed by atoms with E-state index in [0.717, 1.165) is 38.0 Å². The van der Waals surface area contributed by atoms with E-state index in [0.29, 0.717) is 5.92 Å². The van der Waals surface area contributed by atoms with Gasteiger partial charge in [0.25, 0.3) is 0 Å². The van der Waals surface area contributed by atoms with Crippen LogP contribution in [0.5, 0.6) is 0 Å². The summed E-state index contributed by atoms with van der Waals surface area (Å²) >= 11 is 0. The molecule has 2 aromatic carbocycles. The second kappa shape index (κ2) is 7.39. The summed E-state index contributed by atoms with van der Waals surface area (Å²) in [6, 6.07) is 19.4. The maximum absolute atomic E-state index is 13.4. The Morgan fingerprint density at radius 3 is 2.48 bits per heavy atom. The molecule has 1 fully saturated rings. The van der Waals surface area contributed by atoms with Gasteiger partial charge in [0.1, 0.15) is 5.82 Å². The number of halogens is 1. The average Bonchev–Trinajstić information content (AvgIpc) is 2.58. The van der Waals surface area contributed by atoms with Gasteiger partial charge in [-0.25, -0.2) is 4.39 Å². The largest absolute Gasteiger partial charge is 0.299 e. The molecule has 2 aromatic rings. The Bertz CT molecular complexity index is 670. The van der Waals surface area contributed by atoms with Gasteiger partial charge in [-0.2, -0.15) is 5.26 Å². The number of rotatable bonds is 4. The Labute approximate surface area is 137 Å². The van der Waals surface area contributed by atoms with E-state index in [9.17, 15) is 9.65 Å². The third-order valence-electron chi connectivity index (χ3n) is 4.70. The monoisotopic (exact) mass is 308 g/mol. The van der Waals surface area contributed by atoms with Crippen molar-refractivity contribution in [2.75, 3.05) is 13.1 Å². The first-order valence-corrected chi connectivity index (χ1v) is 8.17. The lowest BCUT2D eigenvalue weighted by Gasteiger charge is -2.34. The fraction of sp³-hybridized carbons (Fsp3) is 0.350. The molecule has 23 heavy (non-hydrogen) atoms. The van der Waals surface area contributed by atoms with Crippen molar-refractivity contribution in [3.05, 3.63) is 71.5 Å². The van der Waals surface area contributed by atoms with Crippen LogP contribution in [0.15, 0.2) is 54.6 Å². The van der Waals surface area contributed by atoms with Gasteiger partial charge in [0, 0.05) is 6.54 Å². The molecule has 1 heterocycles. The molecule has 1 saturated heterocycles. The van der Waals surface area contributed by atoms with Crippen LogP contribution in [0.25, 0.3) is 0 Å². The molecule has 0 saturated carbocycles. The van der Waals surface area contributed by atoms with Crippen LogP contribution < -0.4 is 0 Å². The molecule has 1 unspecified atom stereocenters. The highest BCUT2D eigenvalue weighted by atomic mass is 19.1. The van der Waals surface area contributed by atoms with Crippen molar-refractivity contribution in [1.82, 2.24) is 4.90 Å². The standard InChI is InChI=1S/C20H21FN2/c21-19-8-4-7-18(13-19)20(14-22)17-9-11-23(12-10-17)15-16-5-2-1-3-6-16/h1-8,13,17,20H,9-12,15H2. The van der Waals surface area contributed by atoms with Crippen molar-refractivity contribution in [1.29, 1.82) is 5.26 Å². The van der Waals surface area contributed by atoms with E-state index >= 15 is 0 Å². The summed E-state index contributed by atoms with van der Waals surface area (Å²) in [5.41, 5.74) is 2.14. The zero-order valence-corrected chi connectivity index (χ0v) is 13.2. The predicted molar refractivity (Wildman–Crippen MR) is 89.2 cm³/mol. The fourth-order valence-corrected chi connectivity index (χ4v) is 3.44. The second-order valence-corrected chi connectivity index (χ2v) is 6.26.